The predicted octanol–water partition coefficient (Wildman–Crippen LogP) is 1.50. The second-order valence-electron chi connectivity index (χ2n) is 7.00. The Morgan fingerprint density at radius 2 is 1.97 bits per heavy atom. The number of nitrogens with one attached hydrogen (secondary N) is 5. The predicted molar refractivity (Wildman–Crippen MR) is 111 cm³/mol. The lowest BCUT2D eigenvalue weighted by Gasteiger charge is -2.16. The van der Waals surface area contributed by atoms with Gasteiger partial charge in [-0.25, -0.2) is 4.79 Å². The molecule has 0 bridgehead atoms. The number of benzene rings is 1. The van der Waals surface area contributed by atoms with Crippen LogP contribution in [0, 0.1) is 11.3 Å². The van der Waals surface area contributed by atoms with Crippen LogP contribution < -0.4 is 21.9 Å². The van der Waals surface area contributed by atoms with E-state index in [9.17, 15) is 19.5 Å². The fourth-order valence-electron chi connectivity index (χ4n) is 2.60. The van der Waals surface area contributed by atoms with Gasteiger partial charge in [-0.05, 0) is 30.0 Å². The van der Waals surface area contributed by atoms with Gasteiger partial charge in [0.15, 0.2) is 5.69 Å². The van der Waals surface area contributed by atoms with Gasteiger partial charge in [-0.2, -0.15) is 0 Å². The molecule has 1 aromatic carbocycles. The van der Waals surface area contributed by atoms with Crippen LogP contribution in [0.1, 0.15) is 48.4 Å². The summed E-state index contributed by atoms with van der Waals surface area (Å²) in [6.07, 6.45) is 3.02. The van der Waals surface area contributed by atoms with Crippen molar-refractivity contribution in [3.8, 4) is 5.75 Å². The fourth-order valence-corrected chi connectivity index (χ4v) is 2.60. The van der Waals surface area contributed by atoms with Crippen LogP contribution in [-0.2, 0) is 0 Å². The van der Waals surface area contributed by atoms with Gasteiger partial charge < -0.3 is 21.1 Å². The Bertz CT molecular complexity index is 1040. The molecule has 0 aliphatic carbocycles. The Labute approximate surface area is 167 Å². The molecule has 2 aromatic rings. The number of allylic oxidation sites excluding steroid dienone is 1. The number of aromatic nitrogens is 2. The molecule has 9 nitrogen and oxygen atoms in total. The highest BCUT2D eigenvalue weighted by Gasteiger charge is 2.18. The topological polar surface area (TPSA) is 151 Å². The molecule has 1 atom stereocenters. The van der Waals surface area contributed by atoms with Crippen LogP contribution in [0.15, 0.2) is 40.1 Å². The van der Waals surface area contributed by atoms with Crippen LogP contribution in [0.4, 0.5) is 0 Å². The van der Waals surface area contributed by atoms with Crippen LogP contribution >= 0.6 is 0 Å². The zero-order valence-electron chi connectivity index (χ0n) is 16.5. The first-order valence-corrected chi connectivity index (χ1v) is 9.13. The number of carbonyl (C=O) groups is 1. The zero-order chi connectivity index (χ0) is 21.6. The van der Waals surface area contributed by atoms with Crippen LogP contribution in [0.25, 0.3) is 5.57 Å². The van der Waals surface area contributed by atoms with Crippen molar-refractivity contribution in [1.82, 2.24) is 20.6 Å². The van der Waals surface area contributed by atoms with Gasteiger partial charge in [0.05, 0.1) is 6.04 Å². The zero-order valence-corrected chi connectivity index (χ0v) is 16.5. The number of amides is 1. The molecule has 0 aliphatic rings. The van der Waals surface area contributed by atoms with Gasteiger partial charge in [-0.1, -0.05) is 32.0 Å². The average Bonchev–Trinajstić information content (AvgIpc) is 2.67. The van der Waals surface area contributed by atoms with E-state index in [1.165, 1.54) is 6.21 Å². The Morgan fingerprint density at radius 3 is 2.62 bits per heavy atom. The van der Waals surface area contributed by atoms with E-state index in [1.54, 1.807) is 25.3 Å². The summed E-state index contributed by atoms with van der Waals surface area (Å²) < 4.78 is 0. The third-order valence-electron chi connectivity index (χ3n) is 4.15. The molecule has 2 rings (SSSR count). The Balaban J connectivity index is 2.22. The summed E-state index contributed by atoms with van der Waals surface area (Å²) >= 11 is 0. The molecule has 0 radical (unpaired) electrons. The highest BCUT2D eigenvalue weighted by atomic mass is 16.3. The van der Waals surface area contributed by atoms with Crippen molar-refractivity contribution in [2.24, 2.45) is 5.92 Å². The average molecular weight is 399 g/mol. The first-order valence-electron chi connectivity index (χ1n) is 9.13. The summed E-state index contributed by atoms with van der Waals surface area (Å²) in [6.45, 7) is 6.68. The fraction of sp³-hybridized carbons (Fsp3) is 0.300. The first kappa shape index (κ1) is 21.7. The first-order chi connectivity index (χ1) is 13.7. The van der Waals surface area contributed by atoms with Gasteiger partial charge in [0.1, 0.15) is 0 Å². The third kappa shape index (κ3) is 5.68. The maximum atomic E-state index is 12.4. The highest BCUT2D eigenvalue weighted by molar-refractivity contribution is 6.08. The maximum Gasteiger partial charge on any atom is 0.326 e. The number of H-pyrrole nitrogens is 2. The SMILES string of the molecule is CC(C)CN/C=C(\C=N)c1cccc([C@@H](C)NC(=O)c2[nH]c(=O)[nH]c(=O)c2O)c1. The van der Waals surface area contributed by atoms with Gasteiger partial charge in [0, 0.05) is 24.5 Å². The molecule has 29 heavy (non-hydrogen) atoms. The molecular weight excluding hydrogens is 374 g/mol. The summed E-state index contributed by atoms with van der Waals surface area (Å²) in [4.78, 5) is 39.2. The lowest BCUT2D eigenvalue weighted by molar-refractivity contribution is 0.0931. The lowest BCUT2D eigenvalue weighted by Crippen LogP contribution is -2.32. The van der Waals surface area contributed by atoms with Crippen LogP contribution in [0.3, 0.4) is 0 Å². The smallest absolute Gasteiger partial charge is 0.326 e. The molecular formula is C20H25N5O4. The number of aromatic hydroxyl groups is 1. The molecule has 1 heterocycles. The van der Waals surface area contributed by atoms with E-state index in [0.717, 1.165) is 17.7 Å². The van der Waals surface area contributed by atoms with Crippen molar-refractivity contribution >= 4 is 17.7 Å². The Morgan fingerprint density at radius 1 is 1.24 bits per heavy atom. The summed E-state index contributed by atoms with van der Waals surface area (Å²) in [5.41, 5.74) is -0.200. The van der Waals surface area contributed by atoms with E-state index in [0.29, 0.717) is 11.5 Å². The number of carbonyl (C=O) groups excluding carboxylic acids is 1. The van der Waals surface area contributed by atoms with E-state index in [2.05, 4.69) is 29.5 Å². The largest absolute Gasteiger partial charge is 0.501 e. The van der Waals surface area contributed by atoms with Crippen LogP contribution in [-0.4, -0.2) is 33.7 Å². The van der Waals surface area contributed by atoms with E-state index in [-0.39, 0.29) is 0 Å². The van der Waals surface area contributed by atoms with Gasteiger partial charge in [0.25, 0.3) is 11.5 Å². The van der Waals surface area contributed by atoms with Gasteiger partial charge in [-0.3, -0.25) is 19.6 Å². The van der Waals surface area contributed by atoms with Gasteiger partial charge in [-0.15, -0.1) is 0 Å². The number of hydrogen-bond acceptors (Lipinski definition) is 6. The molecule has 1 aromatic heterocycles. The summed E-state index contributed by atoms with van der Waals surface area (Å²) in [5, 5.41) is 23.2. The number of aromatic amines is 2. The van der Waals surface area contributed by atoms with Crippen molar-refractivity contribution < 1.29 is 9.90 Å². The molecule has 0 fully saturated rings. The molecule has 1 amide bonds. The van der Waals surface area contributed by atoms with Gasteiger partial charge >= 0.3 is 5.69 Å². The molecule has 6 N–H and O–H groups in total. The molecule has 0 aliphatic heterocycles. The molecule has 0 saturated carbocycles. The van der Waals surface area contributed by atoms with Crippen molar-refractivity contribution in [3.05, 3.63) is 68.1 Å². The minimum Gasteiger partial charge on any atom is -0.501 e. The summed E-state index contributed by atoms with van der Waals surface area (Å²) in [7, 11) is 0. The Kier molecular flexibility index (Phi) is 7.13. The minimum atomic E-state index is -1.04. The van der Waals surface area contributed by atoms with Crippen molar-refractivity contribution in [1.29, 1.82) is 5.41 Å². The maximum absolute atomic E-state index is 12.4. The quantitative estimate of drug-likeness (QED) is 0.372. The van der Waals surface area contributed by atoms with Crippen LogP contribution in [0.2, 0.25) is 0 Å². The monoisotopic (exact) mass is 399 g/mol. The van der Waals surface area contributed by atoms with Crippen molar-refractivity contribution in [3.63, 3.8) is 0 Å². The van der Waals surface area contributed by atoms with E-state index in [4.69, 9.17) is 5.41 Å². The minimum absolute atomic E-state index is 0.466. The lowest BCUT2D eigenvalue weighted by atomic mass is 10.0. The van der Waals surface area contributed by atoms with Crippen molar-refractivity contribution in [2.75, 3.05) is 6.54 Å². The molecule has 154 valence electrons. The Hall–Kier alpha value is -3.62. The standard InChI is InChI=1S/C20H25N5O4/c1-11(2)9-22-10-15(8-21)14-6-4-5-13(7-14)12(3)23-18(27)16-17(26)19(28)25-20(29)24-16/h4-8,10-12,21-22,26H,9H2,1-3H3,(H,23,27)(H2,24,25,28,29)/b15-10+,21-8?/t12-/m1/s1. The number of hydrogen-bond donors (Lipinski definition) is 6. The highest BCUT2D eigenvalue weighted by Crippen LogP contribution is 2.19. The van der Waals surface area contributed by atoms with Crippen LogP contribution in [0.5, 0.6) is 5.75 Å². The van der Waals surface area contributed by atoms with Gasteiger partial charge in [0.2, 0.25) is 5.75 Å². The molecule has 0 saturated heterocycles. The molecule has 0 spiro atoms. The normalized spacial score (nSPS) is 12.5. The van der Waals surface area contributed by atoms with E-state index < -0.39 is 34.6 Å². The summed E-state index contributed by atoms with van der Waals surface area (Å²) in [6, 6.07) is 6.81. The second-order valence-corrected chi connectivity index (χ2v) is 7.00. The molecule has 9 heteroatoms. The van der Waals surface area contributed by atoms with Crippen molar-refractivity contribution in [2.45, 2.75) is 26.8 Å². The van der Waals surface area contributed by atoms with E-state index >= 15 is 0 Å². The summed E-state index contributed by atoms with van der Waals surface area (Å²) in [5.74, 6) is -1.17. The van der Waals surface area contributed by atoms with E-state index in [1.807, 2.05) is 17.1 Å². The second kappa shape index (κ2) is 9.54. The molecule has 0 unspecified atom stereocenters. The number of rotatable bonds is 8. The third-order valence-corrected chi connectivity index (χ3v) is 4.15.